The number of nitrogens with one attached hydrogen (secondary N) is 4. The molecule has 240 valence electrons. The van der Waals surface area contributed by atoms with Gasteiger partial charge in [-0.1, -0.05) is 91.0 Å². The van der Waals surface area contributed by atoms with Crippen molar-refractivity contribution in [3.05, 3.63) is 108 Å². The van der Waals surface area contributed by atoms with E-state index in [1.165, 1.54) is 0 Å². The molecule has 0 aliphatic carbocycles. The van der Waals surface area contributed by atoms with Crippen molar-refractivity contribution in [3.8, 4) is 0 Å². The minimum absolute atomic E-state index is 0.124. The van der Waals surface area contributed by atoms with Gasteiger partial charge in [0.25, 0.3) is 0 Å². The Morgan fingerprint density at radius 3 is 1.60 bits per heavy atom. The Balaban J connectivity index is 1.75. The maximum Gasteiger partial charge on any atom is 0.247 e. The molecule has 0 aliphatic rings. The molecule has 0 unspecified atom stereocenters. The van der Waals surface area contributed by atoms with Gasteiger partial charge in [-0.05, 0) is 68.3 Å². The molecule has 10 nitrogen and oxygen atoms in total. The van der Waals surface area contributed by atoms with E-state index in [0.29, 0.717) is 63.7 Å². The number of hydrogen-bond acceptors (Lipinski definition) is 6. The van der Waals surface area contributed by atoms with Crippen LogP contribution in [0, 0.1) is 0 Å². The number of rotatable bonds is 19. The average Bonchev–Trinajstić information content (AvgIpc) is 3.06. The molecule has 3 rings (SSSR count). The molecule has 0 fully saturated rings. The zero-order chi connectivity index (χ0) is 32.3. The largest absolute Gasteiger partial charge is 0.350 e. The summed E-state index contributed by atoms with van der Waals surface area (Å²) >= 11 is 0. The van der Waals surface area contributed by atoms with Gasteiger partial charge in [0.05, 0.1) is 6.42 Å². The van der Waals surface area contributed by atoms with E-state index in [-0.39, 0.29) is 18.2 Å². The molecule has 0 saturated heterocycles. The third kappa shape index (κ3) is 12.5. The van der Waals surface area contributed by atoms with Crippen LogP contribution in [0.5, 0.6) is 0 Å². The van der Waals surface area contributed by atoms with Gasteiger partial charge < -0.3 is 32.7 Å². The number of hydrogen-bond donors (Lipinski definition) is 6. The highest BCUT2D eigenvalue weighted by molar-refractivity contribution is 5.94. The summed E-state index contributed by atoms with van der Waals surface area (Å²) in [4.78, 5) is 53.6. The van der Waals surface area contributed by atoms with Crippen LogP contribution in [0.15, 0.2) is 91.0 Å². The van der Waals surface area contributed by atoms with Gasteiger partial charge in [-0.2, -0.15) is 0 Å². The van der Waals surface area contributed by atoms with Crippen LogP contribution in [0.1, 0.15) is 61.3 Å². The van der Waals surface area contributed by atoms with E-state index in [0.717, 1.165) is 11.1 Å². The molecule has 8 N–H and O–H groups in total. The first-order valence-corrected chi connectivity index (χ1v) is 15.6. The molecule has 0 spiro atoms. The van der Waals surface area contributed by atoms with Crippen molar-refractivity contribution in [2.75, 3.05) is 13.1 Å². The highest BCUT2D eigenvalue weighted by atomic mass is 16.2. The van der Waals surface area contributed by atoms with E-state index in [1.807, 2.05) is 66.7 Å². The van der Waals surface area contributed by atoms with Crippen molar-refractivity contribution in [2.45, 2.75) is 69.6 Å². The molecule has 0 heterocycles. The topological polar surface area (TPSA) is 168 Å². The second-order valence-electron chi connectivity index (χ2n) is 11.0. The quantitative estimate of drug-likeness (QED) is 0.114. The van der Waals surface area contributed by atoms with Gasteiger partial charge in [-0.25, -0.2) is 0 Å². The van der Waals surface area contributed by atoms with Crippen LogP contribution >= 0.6 is 0 Å². The van der Waals surface area contributed by atoms with Gasteiger partial charge >= 0.3 is 0 Å². The van der Waals surface area contributed by atoms with E-state index in [1.54, 1.807) is 24.3 Å². The summed E-state index contributed by atoms with van der Waals surface area (Å²) in [6.07, 6.45) is 3.37. The first-order valence-electron chi connectivity index (χ1n) is 15.6. The number of benzene rings is 3. The van der Waals surface area contributed by atoms with Crippen LogP contribution in [-0.2, 0) is 32.1 Å². The number of carbonyl (C=O) groups excluding carboxylic acids is 4. The summed E-state index contributed by atoms with van der Waals surface area (Å²) in [6.45, 7) is 1.19. The van der Waals surface area contributed by atoms with Crippen LogP contribution in [0.4, 0.5) is 0 Å². The fourth-order valence-corrected chi connectivity index (χ4v) is 4.90. The standard InChI is InChI=1S/C35H46N6O4/c36-22-12-10-20-29(39-31(42)24-26-14-4-1-5-15-26)33(43)40-30(21-11-13-23-37)34(44)41-32(28-18-8-3-9-19-28)35(45)38-25-27-16-6-2-7-17-27/h1-9,14-19,29-30,32H,10-13,20-25,36-37H2,(H,38,45)(H,39,42)(H,40,43)(H,41,44)/t29-,30-,32+/m0/s1. The van der Waals surface area contributed by atoms with Gasteiger partial charge in [-0.15, -0.1) is 0 Å². The summed E-state index contributed by atoms with van der Waals surface area (Å²) in [5.74, 6) is -1.64. The maximum atomic E-state index is 13.7. The third-order valence-corrected chi connectivity index (χ3v) is 7.38. The van der Waals surface area contributed by atoms with E-state index >= 15 is 0 Å². The Hall–Kier alpha value is -4.54. The molecule has 3 atom stereocenters. The zero-order valence-electron chi connectivity index (χ0n) is 25.8. The van der Waals surface area contributed by atoms with Crippen molar-refractivity contribution in [2.24, 2.45) is 11.5 Å². The van der Waals surface area contributed by atoms with Gasteiger partial charge in [0.2, 0.25) is 23.6 Å². The van der Waals surface area contributed by atoms with E-state index in [2.05, 4.69) is 21.3 Å². The van der Waals surface area contributed by atoms with Gasteiger partial charge in [0.1, 0.15) is 18.1 Å². The SMILES string of the molecule is NCCCC[C@H](NC(=O)Cc1ccccc1)C(=O)N[C@@H](CCCCN)C(=O)N[C@@H](C(=O)NCc1ccccc1)c1ccccc1. The number of nitrogens with two attached hydrogens (primary N) is 2. The van der Waals surface area contributed by atoms with Gasteiger partial charge in [0.15, 0.2) is 0 Å². The van der Waals surface area contributed by atoms with Crippen LogP contribution < -0.4 is 32.7 Å². The molecule has 0 saturated carbocycles. The second kappa shape index (κ2) is 19.7. The monoisotopic (exact) mass is 614 g/mol. The highest BCUT2D eigenvalue weighted by Crippen LogP contribution is 2.15. The molecular weight excluding hydrogens is 568 g/mol. The molecular formula is C35H46N6O4. The Bertz CT molecular complexity index is 1320. The van der Waals surface area contributed by atoms with Crippen molar-refractivity contribution in [1.82, 2.24) is 21.3 Å². The van der Waals surface area contributed by atoms with E-state index < -0.39 is 29.9 Å². The van der Waals surface area contributed by atoms with Crippen LogP contribution in [0.25, 0.3) is 0 Å². The van der Waals surface area contributed by atoms with Crippen LogP contribution in [-0.4, -0.2) is 48.8 Å². The lowest BCUT2D eigenvalue weighted by atomic mass is 10.0. The van der Waals surface area contributed by atoms with Crippen LogP contribution in [0.2, 0.25) is 0 Å². The van der Waals surface area contributed by atoms with Crippen molar-refractivity contribution >= 4 is 23.6 Å². The minimum Gasteiger partial charge on any atom is -0.350 e. The molecule has 0 aromatic heterocycles. The molecule has 4 amide bonds. The molecule has 3 aromatic rings. The summed E-state index contributed by atoms with van der Waals surface area (Å²) in [5.41, 5.74) is 13.7. The number of carbonyl (C=O) groups is 4. The summed E-state index contributed by atoms with van der Waals surface area (Å²) in [6, 6.07) is 24.9. The van der Waals surface area contributed by atoms with Crippen LogP contribution in [0.3, 0.4) is 0 Å². The predicted octanol–water partition coefficient (Wildman–Crippen LogP) is 2.63. The minimum atomic E-state index is -0.984. The number of amides is 4. The summed E-state index contributed by atoms with van der Waals surface area (Å²) in [7, 11) is 0. The lowest BCUT2D eigenvalue weighted by Crippen LogP contribution is -2.55. The molecule has 3 aromatic carbocycles. The average molecular weight is 615 g/mol. The molecule has 10 heteroatoms. The summed E-state index contributed by atoms with van der Waals surface area (Å²) < 4.78 is 0. The smallest absolute Gasteiger partial charge is 0.247 e. The fraction of sp³-hybridized carbons (Fsp3) is 0.371. The first kappa shape index (κ1) is 34.9. The van der Waals surface area contributed by atoms with Gasteiger partial charge in [0, 0.05) is 6.54 Å². The first-order chi connectivity index (χ1) is 21.9. The van der Waals surface area contributed by atoms with Crippen molar-refractivity contribution in [1.29, 1.82) is 0 Å². The zero-order valence-corrected chi connectivity index (χ0v) is 25.8. The summed E-state index contributed by atoms with van der Waals surface area (Å²) in [5, 5.41) is 11.5. The van der Waals surface area contributed by atoms with E-state index in [9.17, 15) is 19.2 Å². The maximum absolute atomic E-state index is 13.7. The molecule has 0 radical (unpaired) electrons. The Labute approximate surface area is 265 Å². The fourth-order valence-electron chi connectivity index (χ4n) is 4.90. The Morgan fingerprint density at radius 1 is 0.556 bits per heavy atom. The van der Waals surface area contributed by atoms with E-state index in [4.69, 9.17) is 11.5 Å². The molecule has 45 heavy (non-hydrogen) atoms. The lowest BCUT2D eigenvalue weighted by molar-refractivity contribution is -0.134. The second-order valence-corrected chi connectivity index (χ2v) is 11.0. The highest BCUT2D eigenvalue weighted by Gasteiger charge is 2.30. The molecule has 0 bridgehead atoms. The normalized spacial score (nSPS) is 12.8. The third-order valence-electron chi connectivity index (χ3n) is 7.38. The molecule has 0 aliphatic heterocycles. The predicted molar refractivity (Wildman–Crippen MR) is 175 cm³/mol. The number of unbranched alkanes of at least 4 members (excludes halogenated alkanes) is 2. The van der Waals surface area contributed by atoms with Crippen molar-refractivity contribution in [3.63, 3.8) is 0 Å². The van der Waals surface area contributed by atoms with Gasteiger partial charge in [-0.3, -0.25) is 19.2 Å². The van der Waals surface area contributed by atoms with Crippen molar-refractivity contribution < 1.29 is 19.2 Å². The Morgan fingerprint density at radius 2 is 1.04 bits per heavy atom. The lowest BCUT2D eigenvalue weighted by Gasteiger charge is -2.26. The Kier molecular flexibility index (Phi) is 15.3.